The quantitative estimate of drug-likeness (QED) is 0.0531. The van der Waals surface area contributed by atoms with Crippen LogP contribution in [-0.2, 0) is 9.47 Å². The molecule has 0 saturated carbocycles. The van der Waals surface area contributed by atoms with E-state index >= 15 is 0 Å². The minimum Gasteiger partial charge on any atom is -0.347 e. The van der Waals surface area contributed by atoms with Gasteiger partial charge in [0.25, 0.3) is 0 Å². The zero-order valence-electron chi connectivity index (χ0n) is 32.8. The number of nitrogens with zero attached hydrogens (tertiary/aromatic N) is 1. The number of ether oxygens (including phenoxy) is 2. The lowest BCUT2D eigenvalue weighted by atomic mass is 9.98. The van der Waals surface area contributed by atoms with Gasteiger partial charge in [0.2, 0.25) is 0 Å². The molecule has 3 nitrogen and oxygen atoms in total. The van der Waals surface area contributed by atoms with Crippen molar-refractivity contribution in [2.45, 2.75) is 207 Å². The second-order valence-corrected chi connectivity index (χ2v) is 13.9. The van der Waals surface area contributed by atoms with Crippen LogP contribution in [0.15, 0.2) is 48.6 Å². The molecule has 0 spiro atoms. The highest BCUT2D eigenvalue weighted by atomic mass is 16.7. The van der Waals surface area contributed by atoms with Crippen molar-refractivity contribution in [2.24, 2.45) is 0 Å². The van der Waals surface area contributed by atoms with E-state index in [1.807, 2.05) is 13.8 Å². The first-order chi connectivity index (χ1) is 23.1. The Morgan fingerprint density at radius 1 is 0.532 bits per heavy atom. The third-order valence-corrected chi connectivity index (χ3v) is 9.08. The summed E-state index contributed by atoms with van der Waals surface area (Å²) in [7, 11) is 4.30. The zero-order valence-corrected chi connectivity index (χ0v) is 32.8. The summed E-state index contributed by atoms with van der Waals surface area (Å²) in [5.41, 5.74) is 0. The molecule has 2 unspecified atom stereocenters. The Morgan fingerprint density at radius 3 is 1.38 bits per heavy atom. The molecule has 0 N–H and O–H groups in total. The van der Waals surface area contributed by atoms with E-state index in [2.05, 4.69) is 81.5 Å². The van der Waals surface area contributed by atoms with Crippen LogP contribution >= 0.6 is 0 Å². The molecule has 0 bridgehead atoms. The molecule has 0 amide bonds. The lowest BCUT2D eigenvalue weighted by molar-refractivity contribution is -0.180. The standard InChI is InChI=1S/C42H77NO2.C2H6/c1-5-7-9-11-13-15-17-19-21-23-25-27-29-31-33-35-38-42(44-40-41(45-42)36-39-43(3)4)37-34-32-30-28-26-24-22-20-18-16-14-12-10-8-6-2;1-2/h12-15,18-21,41H,5-11,16-17,22-40H2,1-4H3;1-2H3/b14-12-,15-13-,20-18-,21-19-;. The zero-order chi connectivity index (χ0) is 34.5. The second kappa shape index (κ2) is 36.1. The maximum atomic E-state index is 6.67. The highest BCUT2D eigenvalue weighted by Gasteiger charge is 2.40. The summed E-state index contributed by atoms with van der Waals surface area (Å²) in [5, 5.41) is 0. The number of hydrogen-bond donors (Lipinski definition) is 0. The lowest BCUT2D eigenvalue weighted by Crippen LogP contribution is -2.31. The first kappa shape index (κ1) is 45.8. The predicted octanol–water partition coefficient (Wildman–Crippen LogP) is 14.1. The van der Waals surface area contributed by atoms with E-state index in [-0.39, 0.29) is 11.9 Å². The largest absolute Gasteiger partial charge is 0.347 e. The van der Waals surface area contributed by atoms with Gasteiger partial charge in [0.05, 0.1) is 12.7 Å². The van der Waals surface area contributed by atoms with E-state index in [0.717, 1.165) is 45.3 Å². The van der Waals surface area contributed by atoms with Gasteiger partial charge in [-0.2, -0.15) is 0 Å². The molecule has 0 aromatic carbocycles. The van der Waals surface area contributed by atoms with Crippen molar-refractivity contribution < 1.29 is 9.47 Å². The van der Waals surface area contributed by atoms with Crippen LogP contribution in [0.25, 0.3) is 0 Å². The summed E-state index contributed by atoms with van der Waals surface area (Å²) < 4.78 is 13.1. The van der Waals surface area contributed by atoms with E-state index in [9.17, 15) is 0 Å². The molecule has 0 aliphatic carbocycles. The summed E-state index contributed by atoms with van der Waals surface area (Å²) in [6.07, 6.45) is 51.8. The summed E-state index contributed by atoms with van der Waals surface area (Å²) in [6, 6.07) is 0. The Kier molecular flexibility index (Phi) is 35.2. The average Bonchev–Trinajstić information content (AvgIpc) is 3.49. The number of hydrogen-bond acceptors (Lipinski definition) is 3. The first-order valence-corrected chi connectivity index (χ1v) is 20.7. The summed E-state index contributed by atoms with van der Waals surface area (Å²) >= 11 is 0. The Hall–Kier alpha value is -1.16. The van der Waals surface area contributed by atoms with E-state index in [0.29, 0.717) is 0 Å². The lowest BCUT2D eigenvalue weighted by Gasteiger charge is -2.29. The Bertz CT molecular complexity index is 739. The molecule has 1 aliphatic heterocycles. The van der Waals surface area contributed by atoms with Gasteiger partial charge in [-0.3, -0.25) is 0 Å². The van der Waals surface area contributed by atoms with Crippen molar-refractivity contribution in [1.29, 1.82) is 0 Å². The highest BCUT2D eigenvalue weighted by Crippen LogP contribution is 2.35. The number of allylic oxidation sites excluding steroid dienone is 8. The van der Waals surface area contributed by atoms with Gasteiger partial charge < -0.3 is 14.4 Å². The molecular formula is C44H83NO2. The van der Waals surface area contributed by atoms with E-state index in [4.69, 9.17) is 9.47 Å². The molecule has 0 aromatic rings. The van der Waals surface area contributed by atoms with Crippen molar-refractivity contribution in [2.75, 3.05) is 27.2 Å². The van der Waals surface area contributed by atoms with Crippen molar-refractivity contribution in [3.8, 4) is 0 Å². The van der Waals surface area contributed by atoms with Gasteiger partial charge in [0.1, 0.15) is 0 Å². The van der Waals surface area contributed by atoms with Gasteiger partial charge >= 0.3 is 0 Å². The van der Waals surface area contributed by atoms with Crippen LogP contribution in [-0.4, -0.2) is 44.0 Å². The minimum atomic E-state index is -0.317. The van der Waals surface area contributed by atoms with Crippen LogP contribution in [0.4, 0.5) is 0 Å². The van der Waals surface area contributed by atoms with Crippen molar-refractivity contribution in [3.05, 3.63) is 48.6 Å². The summed E-state index contributed by atoms with van der Waals surface area (Å²) in [5.74, 6) is -0.317. The van der Waals surface area contributed by atoms with E-state index < -0.39 is 0 Å². The molecule has 1 rings (SSSR count). The van der Waals surface area contributed by atoms with Crippen molar-refractivity contribution in [3.63, 3.8) is 0 Å². The van der Waals surface area contributed by atoms with Crippen LogP contribution < -0.4 is 0 Å². The van der Waals surface area contributed by atoms with Gasteiger partial charge in [-0.25, -0.2) is 0 Å². The topological polar surface area (TPSA) is 21.7 Å². The highest BCUT2D eigenvalue weighted by molar-refractivity contribution is 4.93. The van der Waals surface area contributed by atoms with Crippen LogP contribution in [0.5, 0.6) is 0 Å². The minimum absolute atomic E-state index is 0.261. The molecule has 2 atom stereocenters. The fraction of sp³-hybridized carbons (Fsp3) is 0.818. The van der Waals surface area contributed by atoms with Gasteiger partial charge in [-0.05, 0) is 91.1 Å². The average molecular weight is 658 g/mol. The van der Waals surface area contributed by atoms with Crippen LogP contribution in [0.3, 0.4) is 0 Å². The van der Waals surface area contributed by atoms with E-state index in [1.165, 1.54) is 135 Å². The molecule has 276 valence electrons. The fourth-order valence-corrected chi connectivity index (χ4v) is 6.12. The SMILES string of the molecule is CC.CCCC/C=C\C/C=C\CCCCCCCCC1(CCCCCCCC/C=C\C/C=C\CCCCC)OCC(CCN(C)C)O1. The second-order valence-electron chi connectivity index (χ2n) is 13.9. The molecule has 1 saturated heterocycles. The van der Waals surface area contributed by atoms with Gasteiger partial charge in [-0.15, -0.1) is 0 Å². The molecule has 0 radical (unpaired) electrons. The summed E-state index contributed by atoms with van der Waals surface area (Å²) in [6.45, 7) is 10.4. The number of unbranched alkanes of at least 4 members (excludes halogenated alkanes) is 17. The normalized spacial score (nSPS) is 18.5. The van der Waals surface area contributed by atoms with Crippen LogP contribution in [0.1, 0.15) is 195 Å². The molecule has 1 fully saturated rings. The van der Waals surface area contributed by atoms with Gasteiger partial charge in [0, 0.05) is 19.4 Å². The Morgan fingerprint density at radius 2 is 0.936 bits per heavy atom. The van der Waals surface area contributed by atoms with Crippen LogP contribution in [0, 0.1) is 0 Å². The third kappa shape index (κ3) is 30.6. The smallest absolute Gasteiger partial charge is 0.168 e. The third-order valence-electron chi connectivity index (χ3n) is 9.08. The monoisotopic (exact) mass is 658 g/mol. The molecule has 3 heteroatoms. The maximum Gasteiger partial charge on any atom is 0.168 e. The molecule has 47 heavy (non-hydrogen) atoms. The van der Waals surface area contributed by atoms with Gasteiger partial charge in [-0.1, -0.05) is 153 Å². The van der Waals surface area contributed by atoms with Crippen LogP contribution in [0.2, 0.25) is 0 Å². The Labute approximate surface area is 296 Å². The molecule has 1 heterocycles. The predicted molar refractivity (Wildman–Crippen MR) is 211 cm³/mol. The van der Waals surface area contributed by atoms with Gasteiger partial charge in [0.15, 0.2) is 5.79 Å². The molecule has 0 aromatic heterocycles. The van der Waals surface area contributed by atoms with Crippen molar-refractivity contribution >= 4 is 0 Å². The Balaban J connectivity index is 0.0000104. The fourth-order valence-electron chi connectivity index (χ4n) is 6.12. The first-order valence-electron chi connectivity index (χ1n) is 20.7. The summed E-state index contributed by atoms with van der Waals surface area (Å²) in [4.78, 5) is 2.26. The van der Waals surface area contributed by atoms with Crippen molar-refractivity contribution in [1.82, 2.24) is 4.90 Å². The maximum absolute atomic E-state index is 6.67. The molecule has 1 aliphatic rings. The van der Waals surface area contributed by atoms with E-state index in [1.54, 1.807) is 0 Å². The number of rotatable bonds is 32. The molecular weight excluding hydrogens is 574 g/mol.